The highest BCUT2D eigenvalue weighted by atomic mass is 16.2. The number of anilines is 3. The van der Waals surface area contributed by atoms with E-state index in [2.05, 4.69) is 39.4 Å². The number of rotatable bonds is 4. The number of hydrogen-bond acceptors (Lipinski definition) is 4. The number of piperazine rings is 1. The Morgan fingerprint density at radius 1 is 1.04 bits per heavy atom. The molecule has 1 saturated heterocycles. The van der Waals surface area contributed by atoms with Gasteiger partial charge in [-0.3, -0.25) is 9.69 Å². The van der Waals surface area contributed by atoms with E-state index in [0.717, 1.165) is 31.9 Å². The van der Waals surface area contributed by atoms with Gasteiger partial charge in [0.05, 0.1) is 6.04 Å². The molecule has 1 fully saturated rings. The van der Waals surface area contributed by atoms with Crippen LogP contribution in [-0.2, 0) is 4.79 Å². The predicted molar refractivity (Wildman–Crippen MR) is 99.2 cm³/mol. The van der Waals surface area contributed by atoms with Crippen molar-refractivity contribution in [2.45, 2.75) is 13.0 Å². The van der Waals surface area contributed by atoms with Gasteiger partial charge >= 0.3 is 0 Å². The van der Waals surface area contributed by atoms with Crippen molar-refractivity contribution < 1.29 is 4.79 Å². The molecule has 1 aliphatic heterocycles. The summed E-state index contributed by atoms with van der Waals surface area (Å²) in [7, 11) is 0. The van der Waals surface area contributed by atoms with Gasteiger partial charge < -0.3 is 16.0 Å². The number of amides is 1. The average molecular weight is 324 g/mol. The van der Waals surface area contributed by atoms with Gasteiger partial charge in [-0.25, -0.2) is 0 Å². The number of para-hydroxylation sites is 1. The molecule has 1 atom stereocenters. The van der Waals surface area contributed by atoms with Crippen LogP contribution in [0.15, 0.2) is 54.6 Å². The molecule has 2 aromatic rings. The van der Waals surface area contributed by atoms with Gasteiger partial charge in [0.2, 0.25) is 5.91 Å². The summed E-state index contributed by atoms with van der Waals surface area (Å²) in [6, 6.07) is 17.5. The Labute approximate surface area is 143 Å². The second-order valence-corrected chi connectivity index (χ2v) is 6.15. The lowest BCUT2D eigenvalue weighted by atomic mass is 10.2. The van der Waals surface area contributed by atoms with Crippen molar-refractivity contribution >= 4 is 23.0 Å². The van der Waals surface area contributed by atoms with Crippen LogP contribution in [0.5, 0.6) is 0 Å². The van der Waals surface area contributed by atoms with Gasteiger partial charge in [-0.15, -0.1) is 0 Å². The molecule has 0 bridgehead atoms. The van der Waals surface area contributed by atoms with Gasteiger partial charge in [-0.05, 0) is 37.3 Å². The minimum Gasteiger partial charge on any atom is -0.399 e. The maximum Gasteiger partial charge on any atom is 0.241 e. The van der Waals surface area contributed by atoms with E-state index < -0.39 is 0 Å². The van der Waals surface area contributed by atoms with Crippen LogP contribution in [0.4, 0.5) is 17.1 Å². The van der Waals surface area contributed by atoms with E-state index >= 15 is 0 Å². The third-order valence-corrected chi connectivity index (χ3v) is 4.52. The minimum absolute atomic E-state index is 0.00811. The van der Waals surface area contributed by atoms with Gasteiger partial charge in [-0.1, -0.05) is 24.3 Å². The maximum absolute atomic E-state index is 12.5. The molecule has 5 heteroatoms. The SMILES string of the molecule is CC(C(=O)Nc1cccc(N)c1)N1CCN(c2ccccc2)CC1. The van der Waals surface area contributed by atoms with Gasteiger partial charge in [0.15, 0.2) is 0 Å². The predicted octanol–water partition coefficient (Wildman–Crippen LogP) is 2.42. The Balaban J connectivity index is 1.55. The molecule has 0 spiro atoms. The molecule has 1 amide bonds. The first-order valence-electron chi connectivity index (χ1n) is 8.34. The number of benzene rings is 2. The highest BCUT2D eigenvalue weighted by Gasteiger charge is 2.25. The molecule has 3 N–H and O–H groups in total. The molecule has 5 nitrogen and oxygen atoms in total. The Kier molecular flexibility index (Phi) is 5.01. The standard InChI is InChI=1S/C19H24N4O/c1-15(19(24)21-17-7-5-6-16(20)14-17)22-10-12-23(13-11-22)18-8-3-2-4-9-18/h2-9,14-15H,10-13,20H2,1H3,(H,21,24). The lowest BCUT2D eigenvalue weighted by molar-refractivity contribution is -0.120. The third kappa shape index (κ3) is 3.86. The molecule has 0 radical (unpaired) electrons. The quantitative estimate of drug-likeness (QED) is 0.848. The van der Waals surface area contributed by atoms with Crippen LogP contribution in [0.2, 0.25) is 0 Å². The molecule has 0 saturated carbocycles. The fourth-order valence-electron chi connectivity index (χ4n) is 3.04. The molecule has 126 valence electrons. The molecular weight excluding hydrogens is 300 g/mol. The van der Waals surface area contributed by atoms with Crippen molar-refractivity contribution in [3.8, 4) is 0 Å². The minimum atomic E-state index is -0.163. The summed E-state index contributed by atoms with van der Waals surface area (Å²) in [6.45, 7) is 5.57. The molecule has 0 aromatic heterocycles. The normalized spacial score (nSPS) is 16.6. The fourth-order valence-corrected chi connectivity index (χ4v) is 3.04. The summed E-state index contributed by atoms with van der Waals surface area (Å²) in [5.74, 6) is 0.00811. The van der Waals surface area contributed by atoms with Crippen molar-refractivity contribution in [3.05, 3.63) is 54.6 Å². The zero-order chi connectivity index (χ0) is 16.9. The van der Waals surface area contributed by atoms with Crippen molar-refractivity contribution in [2.75, 3.05) is 42.1 Å². The van der Waals surface area contributed by atoms with Gasteiger partial charge in [-0.2, -0.15) is 0 Å². The molecule has 0 aliphatic carbocycles. The first-order chi connectivity index (χ1) is 11.6. The molecular formula is C19H24N4O. The number of carbonyl (C=O) groups is 1. The molecule has 1 heterocycles. The number of nitrogens with two attached hydrogens (primary N) is 1. The summed E-state index contributed by atoms with van der Waals surface area (Å²) < 4.78 is 0. The largest absolute Gasteiger partial charge is 0.399 e. The van der Waals surface area contributed by atoms with E-state index in [1.54, 1.807) is 6.07 Å². The topological polar surface area (TPSA) is 61.6 Å². The number of nitrogen functional groups attached to an aromatic ring is 1. The fraction of sp³-hybridized carbons (Fsp3) is 0.316. The van der Waals surface area contributed by atoms with Crippen LogP contribution < -0.4 is 16.0 Å². The van der Waals surface area contributed by atoms with Crippen LogP contribution in [0.1, 0.15) is 6.92 Å². The Hall–Kier alpha value is -2.53. The molecule has 2 aromatic carbocycles. The van der Waals surface area contributed by atoms with Crippen LogP contribution in [0.3, 0.4) is 0 Å². The van der Waals surface area contributed by atoms with E-state index in [1.807, 2.05) is 31.2 Å². The maximum atomic E-state index is 12.5. The highest BCUT2D eigenvalue weighted by molar-refractivity contribution is 5.94. The van der Waals surface area contributed by atoms with E-state index in [0.29, 0.717) is 5.69 Å². The second kappa shape index (κ2) is 7.36. The summed E-state index contributed by atoms with van der Waals surface area (Å²) >= 11 is 0. The van der Waals surface area contributed by atoms with Crippen LogP contribution >= 0.6 is 0 Å². The lowest BCUT2D eigenvalue weighted by Crippen LogP contribution is -2.52. The molecule has 1 unspecified atom stereocenters. The number of hydrogen-bond donors (Lipinski definition) is 2. The lowest BCUT2D eigenvalue weighted by Gasteiger charge is -2.38. The van der Waals surface area contributed by atoms with E-state index in [4.69, 9.17) is 5.73 Å². The summed E-state index contributed by atoms with van der Waals surface area (Å²) in [5.41, 5.74) is 8.40. The van der Waals surface area contributed by atoms with Crippen molar-refractivity contribution in [1.29, 1.82) is 0 Å². The van der Waals surface area contributed by atoms with Crippen molar-refractivity contribution in [2.24, 2.45) is 0 Å². The summed E-state index contributed by atoms with van der Waals surface area (Å²) in [5, 5.41) is 2.95. The van der Waals surface area contributed by atoms with Crippen LogP contribution in [0, 0.1) is 0 Å². The monoisotopic (exact) mass is 324 g/mol. The van der Waals surface area contributed by atoms with E-state index in [9.17, 15) is 4.79 Å². The van der Waals surface area contributed by atoms with E-state index in [-0.39, 0.29) is 11.9 Å². The summed E-state index contributed by atoms with van der Waals surface area (Å²) in [4.78, 5) is 17.1. The third-order valence-electron chi connectivity index (χ3n) is 4.52. The molecule has 1 aliphatic rings. The van der Waals surface area contributed by atoms with Crippen molar-refractivity contribution in [3.63, 3.8) is 0 Å². The first-order valence-corrected chi connectivity index (χ1v) is 8.34. The van der Waals surface area contributed by atoms with Gasteiger partial charge in [0.25, 0.3) is 0 Å². The Bertz CT molecular complexity index is 681. The first kappa shape index (κ1) is 16.3. The Morgan fingerprint density at radius 3 is 2.42 bits per heavy atom. The van der Waals surface area contributed by atoms with E-state index in [1.165, 1.54) is 5.69 Å². The number of nitrogens with zero attached hydrogens (tertiary/aromatic N) is 2. The molecule has 24 heavy (non-hydrogen) atoms. The zero-order valence-corrected chi connectivity index (χ0v) is 14.0. The zero-order valence-electron chi connectivity index (χ0n) is 14.0. The summed E-state index contributed by atoms with van der Waals surface area (Å²) in [6.07, 6.45) is 0. The van der Waals surface area contributed by atoms with Crippen LogP contribution in [0.25, 0.3) is 0 Å². The Morgan fingerprint density at radius 2 is 1.75 bits per heavy atom. The number of nitrogens with one attached hydrogen (secondary N) is 1. The molecule has 3 rings (SSSR count). The smallest absolute Gasteiger partial charge is 0.241 e. The van der Waals surface area contributed by atoms with Crippen LogP contribution in [-0.4, -0.2) is 43.0 Å². The second-order valence-electron chi connectivity index (χ2n) is 6.15. The highest BCUT2D eigenvalue weighted by Crippen LogP contribution is 2.17. The van der Waals surface area contributed by atoms with Gasteiger partial charge in [0.1, 0.15) is 0 Å². The van der Waals surface area contributed by atoms with Crippen molar-refractivity contribution in [1.82, 2.24) is 4.90 Å². The van der Waals surface area contributed by atoms with Gasteiger partial charge in [0, 0.05) is 43.2 Å². The average Bonchev–Trinajstić information content (AvgIpc) is 2.62. The number of carbonyl (C=O) groups excluding carboxylic acids is 1.